The number of carbonyl (C=O) groups is 3. The molecule has 2 aromatic carbocycles. The van der Waals surface area contributed by atoms with Gasteiger partial charge in [-0.15, -0.1) is 0 Å². The number of benzene rings is 2. The monoisotopic (exact) mass is 992 g/mol. The van der Waals surface area contributed by atoms with E-state index in [9.17, 15) is 44.4 Å². The lowest BCUT2D eigenvalue weighted by Crippen LogP contribution is -2.54. The first-order valence-corrected chi connectivity index (χ1v) is 28.2. The second-order valence-corrected chi connectivity index (χ2v) is 25.0. The zero-order valence-electron chi connectivity index (χ0n) is 40.5. The zero-order valence-corrected chi connectivity index (χ0v) is 42.2. The molecule has 0 unspecified atom stereocenters. The van der Waals surface area contributed by atoms with Crippen molar-refractivity contribution in [2.75, 3.05) is 52.0 Å². The Bertz CT molecular complexity index is 2400. The minimum atomic E-state index is -4.99. The Morgan fingerprint density at radius 1 is 0.647 bits per heavy atom. The molecule has 378 valence electrons. The van der Waals surface area contributed by atoms with Crippen molar-refractivity contribution in [3.05, 3.63) is 58.7 Å². The van der Waals surface area contributed by atoms with Gasteiger partial charge in [-0.05, 0) is 135 Å². The molecule has 1 N–H and O–H groups in total. The highest BCUT2D eigenvalue weighted by Crippen LogP contribution is 2.50. The molecule has 0 bridgehead atoms. The topological polar surface area (TPSA) is 160 Å². The fourth-order valence-electron chi connectivity index (χ4n) is 11.9. The summed E-state index contributed by atoms with van der Waals surface area (Å²) in [6.45, 7) is 12.3. The van der Waals surface area contributed by atoms with Crippen molar-refractivity contribution in [2.24, 2.45) is 22.7 Å². The van der Waals surface area contributed by atoms with E-state index in [0.717, 1.165) is 85.1 Å². The summed E-state index contributed by atoms with van der Waals surface area (Å²) in [7, 11) is -6.66. The summed E-state index contributed by atoms with van der Waals surface area (Å²) in [5.74, 6) is -1.60. The van der Waals surface area contributed by atoms with Crippen LogP contribution in [0, 0.1) is 22.7 Å². The van der Waals surface area contributed by atoms with Crippen molar-refractivity contribution < 1.29 is 53.9 Å². The molecule has 13 nitrogen and oxygen atoms in total. The van der Waals surface area contributed by atoms with E-state index in [4.69, 9.17) is 9.47 Å². The lowest BCUT2D eigenvalue weighted by atomic mass is 9.73. The van der Waals surface area contributed by atoms with Gasteiger partial charge in [0.15, 0.2) is 19.7 Å². The van der Waals surface area contributed by atoms with Gasteiger partial charge in [0.1, 0.15) is 0 Å². The van der Waals surface area contributed by atoms with Crippen molar-refractivity contribution in [1.29, 1.82) is 0 Å². The molecular weight excluding hydrogens is 922 g/mol. The number of carbonyl (C=O) groups excluding carboxylic acids is 3. The largest absolute Gasteiger partial charge is 0.471 e. The Balaban J connectivity index is 0.000000204. The lowest BCUT2D eigenvalue weighted by Gasteiger charge is -2.42. The third-order valence-electron chi connectivity index (χ3n) is 16.1. The molecule has 0 spiro atoms. The van der Waals surface area contributed by atoms with Crippen molar-refractivity contribution in [1.82, 2.24) is 20.0 Å². The van der Waals surface area contributed by atoms with E-state index in [2.05, 4.69) is 19.2 Å². The summed E-state index contributed by atoms with van der Waals surface area (Å²) < 4.78 is 99.7. The first-order chi connectivity index (χ1) is 31.9. The maximum Gasteiger partial charge on any atom is 0.471 e. The smallest absolute Gasteiger partial charge is 0.381 e. The van der Waals surface area contributed by atoms with Crippen molar-refractivity contribution >= 4 is 37.4 Å². The maximum absolute atomic E-state index is 14.0. The van der Waals surface area contributed by atoms with Gasteiger partial charge in [0, 0.05) is 89.3 Å². The van der Waals surface area contributed by atoms with Crippen molar-refractivity contribution in [3.8, 4) is 0 Å². The van der Waals surface area contributed by atoms with Gasteiger partial charge >= 0.3 is 12.1 Å². The number of alkyl halides is 3. The molecule has 3 amide bonds. The normalized spacial score (nSPS) is 26.3. The Hall–Kier alpha value is -3.58. The zero-order chi connectivity index (χ0) is 49.4. The summed E-state index contributed by atoms with van der Waals surface area (Å²) in [4.78, 5) is 45.7. The molecule has 4 aliphatic heterocycles. The Morgan fingerprint density at radius 3 is 1.56 bits per heavy atom. The Morgan fingerprint density at radius 2 is 1.10 bits per heavy atom. The third-order valence-corrected chi connectivity index (χ3v) is 18.3. The highest BCUT2D eigenvalue weighted by atomic mass is 32.2. The molecule has 0 radical (unpaired) electrons. The molecule has 2 aromatic rings. The summed E-state index contributed by atoms with van der Waals surface area (Å²) in [5, 5.41) is 3.81. The van der Waals surface area contributed by atoms with Crippen LogP contribution >= 0.6 is 0 Å². The number of nitrogens with zero attached hydrogens (tertiary/aromatic N) is 3. The van der Waals surface area contributed by atoms with Crippen LogP contribution in [0.15, 0.2) is 46.2 Å². The predicted molar refractivity (Wildman–Crippen MR) is 251 cm³/mol. The number of hydrogen-bond donors (Lipinski definition) is 1. The molecule has 0 aromatic heterocycles. The van der Waals surface area contributed by atoms with Gasteiger partial charge in [0.2, 0.25) is 11.8 Å². The second kappa shape index (κ2) is 20.6. The lowest BCUT2D eigenvalue weighted by molar-refractivity contribution is -0.192. The van der Waals surface area contributed by atoms with E-state index in [1.165, 1.54) is 6.26 Å². The van der Waals surface area contributed by atoms with Crippen molar-refractivity contribution in [2.45, 2.75) is 158 Å². The number of halogens is 3. The van der Waals surface area contributed by atoms with Gasteiger partial charge in [-0.1, -0.05) is 39.8 Å². The van der Waals surface area contributed by atoms with E-state index in [0.29, 0.717) is 81.9 Å². The number of ether oxygens (including phenoxy) is 2. The van der Waals surface area contributed by atoms with Crippen LogP contribution in [0.3, 0.4) is 0 Å². The fraction of sp³-hybridized carbons (Fsp3) is 0.700. The minimum Gasteiger partial charge on any atom is -0.381 e. The number of sulfone groups is 2. The van der Waals surface area contributed by atoms with Crippen LogP contribution < -0.4 is 5.32 Å². The molecule has 6 aliphatic rings. The standard InChI is InChI=1S/C26H35F3N2O5S.C24H36N2O4S/c1-17(2)25(23(32)30-11-7-18-4-5-22(37(3,34)35)14-19(18)16-30)10-6-21(15-25)31(24(33)26(27,28)29)20-8-12-36-13-9-20;1-17(2)24(10-6-21(15-24)25-20-8-12-30-13-9-20)23(27)26-11-7-18-4-5-22(31(3,28)29)14-19(18)16-26/h4-5,14,17,20-21H,6-13,15-16H2,1-3H3;4-5,14,17,20-21,25H,6-13,15-16H2,1-3H3/t21-,25+;21-,24+/m11/s1. The van der Waals surface area contributed by atoms with Crippen LogP contribution in [-0.2, 0) is 69.5 Å². The number of fused-ring (bicyclic) bond motifs is 2. The molecule has 4 fully saturated rings. The van der Waals surface area contributed by atoms with E-state index >= 15 is 0 Å². The fourth-order valence-corrected chi connectivity index (χ4v) is 13.2. The SMILES string of the molecule is CC(C)[C@]1(C(=O)N2CCc3ccc(S(C)(=O)=O)cc3C2)CC[C@@H](N(C(=O)C(F)(F)F)C2CCOCC2)C1.CC(C)[C@]1(C(=O)N2CCc3ccc(S(C)(=O)=O)cc3C2)CC[C@@H](NC2CCOCC2)C1. The second-order valence-electron chi connectivity index (χ2n) is 20.9. The summed E-state index contributed by atoms with van der Waals surface area (Å²) in [6, 6.07) is 9.95. The third kappa shape index (κ3) is 11.3. The van der Waals surface area contributed by atoms with Gasteiger partial charge in [0.05, 0.1) is 20.6 Å². The number of rotatable bonds is 10. The molecule has 4 atom stereocenters. The van der Waals surface area contributed by atoms with E-state index in [1.54, 1.807) is 35.2 Å². The van der Waals surface area contributed by atoms with Crippen LogP contribution in [0.1, 0.15) is 114 Å². The minimum absolute atomic E-state index is 0.133. The number of hydrogen-bond acceptors (Lipinski definition) is 10. The number of nitrogens with one attached hydrogen (secondary N) is 1. The molecule has 2 aliphatic carbocycles. The van der Waals surface area contributed by atoms with Crippen molar-refractivity contribution in [3.63, 3.8) is 0 Å². The van der Waals surface area contributed by atoms with Crippen LogP contribution in [0.2, 0.25) is 0 Å². The van der Waals surface area contributed by atoms with E-state index < -0.39 is 49.3 Å². The number of amides is 3. The quantitative estimate of drug-likeness (QED) is 0.272. The maximum atomic E-state index is 14.0. The first-order valence-electron chi connectivity index (χ1n) is 24.5. The Labute approximate surface area is 401 Å². The highest BCUT2D eigenvalue weighted by Gasteiger charge is 2.55. The summed E-state index contributed by atoms with van der Waals surface area (Å²) in [6.07, 6.45) is 5.24. The van der Waals surface area contributed by atoms with Crippen LogP contribution in [0.25, 0.3) is 0 Å². The highest BCUT2D eigenvalue weighted by molar-refractivity contribution is 7.91. The van der Waals surface area contributed by atoms with Gasteiger partial charge in [-0.2, -0.15) is 13.2 Å². The average molecular weight is 993 g/mol. The molecule has 4 heterocycles. The summed E-state index contributed by atoms with van der Waals surface area (Å²) >= 11 is 0. The van der Waals surface area contributed by atoms with Crippen LogP contribution in [0.5, 0.6) is 0 Å². The predicted octanol–water partition coefficient (Wildman–Crippen LogP) is 6.68. The average Bonchev–Trinajstić information content (AvgIpc) is 3.95. The first kappa shape index (κ1) is 52.2. The van der Waals surface area contributed by atoms with E-state index in [1.807, 2.05) is 24.8 Å². The summed E-state index contributed by atoms with van der Waals surface area (Å²) in [5.41, 5.74) is 2.64. The van der Waals surface area contributed by atoms with Crippen LogP contribution in [0.4, 0.5) is 13.2 Å². The molecule has 8 rings (SSSR count). The molecule has 2 saturated carbocycles. The Kier molecular flexibility index (Phi) is 15.9. The molecule has 68 heavy (non-hydrogen) atoms. The van der Waals surface area contributed by atoms with Gasteiger partial charge in [-0.25, -0.2) is 16.8 Å². The van der Waals surface area contributed by atoms with Gasteiger partial charge in [-0.3, -0.25) is 14.4 Å². The van der Waals surface area contributed by atoms with Gasteiger partial charge < -0.3 is 29.5 Å². The molecule has 18 heteroatoms. The molecular formula is C50H71F3N4O9S2. The van der Waals surface area contributed by atoms with Gasteiger partial charge in [0.25, 0.3) is 0 Å². The van der Waals surface area contributed by atoms with Crippen LogP contribution in [-0.4, -0.2) is 132 Å². The molecule has 2 saturated heterocycles. The van der Waals surface area contributed by atoms with E-state index in [-0.39, 0.29) is 46.9 Å².